The summed E-state index contributed by atoms with van der Waals surface area (Å²) in [6.07, 6.45) is 0. The van der Waals surface area contributed by atoms with Crippen molar-refractivity contribution >= 4 is 33.0 Å². The van der Waals surface area contributed by atoms with Crippen LogP contribution in [0.3, 0.4) is 0 Å². The Kier molecular flexibility index (Phi) is 4.87. The molecule has 28 heavy (non-hydrogen) atoms. The van der Waals surface area contributed by atoms with E-state index in [9.17, 15) is 13.2 Å². The molecule has 4 rings (SSSR count). The second-order valence-corrected chi connectivity index (χ2v) is 8.83. The first-order chi connectivity index (χ1) is 13.4. The molecule has 0 radical (unpaired) electrons. The minimum Gasteiger partial charge on any atom is -0.482 e. The minimum atomic E-state index is -3.77. The Morgan fingerprint density at radius 3 is 2.89 bits per heavy atom. The molecule has 1 aliphatic rings. The van der Waals surface area contributed by atoms with E-state index in [4.69, 9.17) is 9.26 Å². The maximum absolute atomic E-state index is 12.7. The van der Waals surface area contributed by atoms with Crippen LogP contribution in [0.25, 0.3) is 0 Å². The lowest BCUT2D eigenvalue weighted by molar-refractivity contribution is -0.121. The van der Waals surface area contributed by atoms with E-state index in [0.29, 0.717) is 23.2 Å². The second-order valence-electron chi connectivity index (χ2n) is 6.03. The van der Waals surface area contributed by atoms with Crippen molar-refractivity contribution < 1.29 is 22.5 Å². The highest BCUT2D eigenvalue weighted by Gasteiger charge is 2.29. The van der Waals surface area contributed by atoms with Gasteiger partial charge in [0.05, 0.1) is 17.1 Å². The van der Waals surface area contributed by atoms with Gasteiger partial charge in [-0.3, -0.25) is 9.69 Å². The highest BCUT2D eigenvalue weighted by molar-refractivity contribution is 7.89. The smallest absolute Gasteiger partial charge is 0.265 e. The predicted octanol–water partition coefficient (Wildman–Crippen LogP) is 1.84. The summed E-state index contributed by atoms with van der Waals surface area (Å²) in [5, 5.41) is 5.67. The molecule has 11 heteroatoms. The van der Waals surface area contributed by atoms with E-state index in [1.165, 1.54) is 34.4 Å². The molecular weight excluding hydrogens is 404 g/mol. The molecule has 0 atom stereocenters. The standard InChI is InChI=1S/C17H16N4O5S2/c1-11-19-16(20-26-11)9-21-14-7-13(4-5-15(14)25-10-17(21)22)28(23,24)18-8-12-3-2-6-27-12/h2-7,18H,8-10H2,1H3. The number of hydrogen-bond acceptors (Lipinski definition) is 8. The van der Waals surface area contributed by atoms with Crippen LogP contribution < -0.4 is 14.4 Å². The zero-order valence-corrected chi connectivity index (χ0v) is 16.4. The summed E-state index contributed by atoms with van der Waals surface area (Å²) in [4.78, 5) is 18.8. The molecule has 146 valence electrons. The number of hydrogen-bond donors (Lipinski definition) is 1. The summed E-state index contributed by atoms with van der Waals surface area (Å²) in [7, 11) is -3.77. The number of aromatic nitrogens is 2. The summed E-state index contributed by atoms with van der Waals surface area (Å²) in [6.45, 7) is 1.75. The van der Waals surface area contributed by atoms with Crippen molar-refractivity contribution in [3.05, 3.63) is 52.3 Å². The Bertz CT molecular complexity index is 1110. The largest absolute Gasteiger partial charge is 0.482 e. The summed E-state index contributed by atoms with van der Waals surface area (Å²) in [6, 6.07) is 8.10. The van der Waals surface area contributed by atoms with E-state index >= 15 is 0 Å². The molecular formula is C17H16N4O5S2. The Hall–Kier alpha value is -2.76. The van der Waals surface area contributed by atoms with Crippen LogP contribution in [-0.4, -0.2) is 31.1 Å². The van der Waals surface area contributed by atoms with Gasteiger partial charge in [0.1, 0.15) is 5.75 Å². The fourth-order valence-electron chi connectivity index (χ4n) is 2.73. The third-order valence-electron chi connectivity index (χ3n) is 4.07. The molecule has 0 aliphatic carbocycles. The number of benzene rings is 1. The molecule has 0 fully saturated rings. The summed E-state index contributed by atoms with van der Waals surface area (Å²) in [5.74, 6) is 0.792. The molecule has 1 aliphatic heterocycles. The van der Waals surface area contributed by atoms with E-state index < -0.39 is 10.0 Å². The van der Waals surface area contributed by atoms with Crippen LogP contribution >= 0.6 is 11.3 Å². The fraction of sp³-hybridized carbons (Fsp3) is 0.235. The number of ether oxygens (including phenoxy) is 1. The van der Waals surface area contributed by atoms with Crippen molar-refractivity contribution in [3.63, 3.8) is 0 Å². The summed E-state index contributed by atoms with van der Waals surface area (Å²) >= 11 is 1.46. The number of carbonyl (C=O) groups excluding carboxylic acids is 1. The predicted molar refractivity (Wildman–Crippen MR) is 101 cm³/mol. The van der Waals surface area contributed by atoms with E-state index in [1.807, 2.05) is 17.5 Å². The number of rotatable bonds is 6. The first kappa shape index (κ1) is 18.6. The highest BCUT2D eigenvalue weighted by Crippen LogP contribution is 2.35. The van der Waals surface area contributed by atoms with E-state index in [1.54, 1.807) is 6.92 Å². The molecule has 1 amide bonds. The Morgan fingerprint density at radius 1 is 1.32 bits per heavy atom. The van der Waals surface area contributed by atoms with Gasteiger partial charge in [-0.1, -0.05) is 11.2 Å². The number of anilines is 1. The maximum Gasteiger partial charge on any atom is 0.265 e. The van der Waals surface area contributed by atoms with Crippen molar-refractivity contribution in [1.29, 1.82) is 0 Å². The number of nitrogens with zero attached hydrogens (tertiary/aromatic N) is 3. The third kappa shape index (κ3) is 3.77. The van der Waals surface area contributed by atoms with Crippen molar-refractivity contribution in [1.82, 2.24) is 14.9 Å². The molecule has 3 aromatic rings. The summed E-state index contributed by atoms with van der Waals surface area (Å²) in [5.41, 5.74) is 0.345. The lowest BCUT2D eigenvalue weighted by atomic mass is 10.2. The fourth-order valence-corrected chi connectivity index (χ4v) is 4.49. The number of sulfonamides is 1. The van der Waals surface area contributed by atoms with E-state index in [2.05, 4.69) is 14.9 Å². The molecule has 0 spiro atoms. The van der Waals surface area contributed by atoms with Crippen LogP contribution in [0, 0.1) is 6.92 Å². The average Bonchev–Trinajstić information content (AvgIpc) is 3.34. The van der Waals surface area contributed by atoms with Gasteiger partial charge in [-0.25, -0.2) is 13.1 Å². The van der Waals surface area contributed by atoms with Crippen LogP contribution in [-0.2, 0) is 27.9 Å². The van der Waals surface area contributed by atoms with Gasteiger partial charge in [-0.05, 0) is 29.6 Å². The number of thiophene rings is 1. The molecule has 9 nitrogen and oxygen atoms in total. The van der Waals surface area contributed by atoms with Crippen LogP contribution in [0.5, 0.6) is 5.75 Å². The van der Waals surface area contributed by atoms with Gasteiger partial charge in [0, 0.05) is 18.3 Å². The quantitative estimate of drug-likeness (QED) is 0.647. The van der Waals surface area contributed by atoms with Crippen molar-refractivity contribution in [2.75, 3.05) is 11.5 Å². The van der Waals surface area contributed by atoms with Crippen LogP contribution in [0.2, 0.25) is 0 Å². The molecule has 0 unspecified atom stereocenters. The Morgan fingerprint density at radius 2 is 2.18 bits per heavy atom. The SMILES string of the molecule is Cc1nc(CN2C(=O)COc3ccc(S(=O)(=O)NCc4cccs4)cc32)no1. The van der Waals surface area contributed by atoms with Gasteiger partial charge in [0.25, 0.3) is 5.91 Å². The van der Waals surface area contributed by atoms with Crippen LogP contribution in [0.15, 0.2) is 45.1 Å². The van der Waals surface area contributed by atoms with Gasteiger partial charge in [-0.2, -0.15) is 4.98 Å². The minimum absolute atomic E-state index is 0.0374. The molecule has 0 bridgehead atoms. The topological polar surface area (TPSA) is 115 Å². The maximum atomic E-state index is 12.7. The van der Waals surface area contributed by atoms with Gasteiger partial charge in [-0.15, -0.1) is 11.3 Å². The molecule has 3 heterocycles. The average molecular weight is 420 g/mol. The number of nitrogens with one attached hydrogen (secondary N) is 1. The summed E-state index contributed by atoms with van der Waals surface area (Å²) < 4.78 is 38.3. The lowest BCUT2D eigenvalue weighted by Crippen LogP contribution is -2.38. The Labute approximate surface area is 165 Å². The monoisotopic (exact) mass is 420 g/mol. The zero-order valence-electron chi connectivity index (χ0n) is 14.8. The Balaban J connectivity index is 1.62. The molecule has 2 aromatic heterocycles. The number of carbonyl (C=O) groups is 1. The van der Waals surface area contributed by atoms with Gasteiger partial charge in [0.2, 0.25) is 15.9 Å². The molecule has 0 saturated carbocycles. The van der Waals surface area contributed by atoms with Gasteiger partial charge < -0.3 is 9.26 Å². The first-order valence-electron chi connectivity index (χ1n) is 8.31. The molecule has 0 saturated heterocycles. The number of aryl methyl sites for hydroxylation is 1. The second kappa shape index (κ2) is 7.34. The normalized spacial score (nSPS) is 14.0. The van der Waals surface area contributed by atoms with E-state index in [-0.39, 0.29) is 30.5 Å². The zero-order chi connectivity index (χ0) is 19.7. The van der Waals surface area contributed by atoms with Crippen molar-refractivity contribution in [2.45, 2.75) is 24.9 Å². The van der Waals surface area contributed by atoms with Crippen LogP contribution in [0.4, 0.5) is 5.69 Å². The third-order valence-corrected chi connectivity index (χ3v) is 6.34. The van der Waals surface area contributed by atoms with Gasteiger partial charge in [0.15, 0.2) is 12.4 Å². The molecule has 1 N–H and O–H groups in total. The van der Waals surface area contributed by atoms with E-state index in [0.717, 1.165) is 4.88 Å². The number of amides is 1. The first-order valence-corrected chi connectivity index (χ1v) is 10.7. The highest BCUT2D eigenvalue weighted by atomic mass is 32.2. The van der Waals surface area contributed by atoms with Crippen molar-refractivity contribution in [2.24, 2.45) is 0 Å². The lowest BCUT2D eigenvalue weighted by Gasteiger charge is -2.28. The van der Waals surface area contributed by atoms with Gasteiger partial charge >= 0.3 is 0 Å². The number of fused-ring (bicyclic) bond motifs is 1. The molecule has 1 aromatic carbocycles. The van der Waals surface area contributed by atoms with Crippen molar-refractivity contribution in [3.8, 4) is 5.75 Å². The van der Waals surface area contributed by atoms with Crippen LogP contribution in [0.1, 0.15) is 16.6 Å².